The highest BCUT2D eigenvalue weighted by molar-refractivity contribution is 7.91. The first-order chi connectivity index (χ1) is 6.38. The van der Waals surface area contributed by atoms with Crippen molar-refractivity contribution in [1.29, 1.82) is 0 Å². The van der Waals surface area contributed by atoms with E-state index in [1.165, 1.54) is 6.42 Å². The Hall–Kier alpha value is -0.540. The zero-order valence-corrected chi connectivity index (χ0v) is 8.30. The summed E-state index contributed by atoms with van der Waals surface area (Å²) in [5, 5.41) is 0.238. The molecule has 0 aromatic carbocycles. The first-order valence-electron chi connectivity index (χ1n) is 4.65. The summed E-state index contributed by atoms with van der Waals surface area (Å²) in [5.74, 6) is 0.861. The monoisotopic (exact) mass is 195 g/mol. The summed E-state index contributed by atoms with van der Waals surface area (Å²) in [5.41, 5.74) is 1.14. The standard InChI is InChI=1S/C10H13NOS/c12-13-7-2-1-5-10(13)9-4-3-6-11-8-9/h3-4,6,8,10H,1-2,5,7H2/t10-,13+/m0/s1. The molecule has 1 saturated heterocycles. The van der Waals surface area contributed by atoms with E-state index in [9.17, 15) is 4.55 Å². The van der Waals surface area contributed by atoms with Crippen molar-refractivity contribution >= 4 is 11.2 Å². The van der Waals surface area contributed by atoms with Gasteiger partial charge in [-0.1, -0.05) is 6.07 Å². The molecule has 2 atom stereocenters. The molecule has 13 heavy (non-hydrogen) atoms. The average molecular weight is 195 g/mol. The molecule has 0 saturated carbocycles. The van der Waals surface area contributed by atoms with Gasteiger partial charge in [0.05, 0.1) is 0 Å². The van der Waals surface area contributed by atoms with Crippen LogP contribution in [0, 0.1) is 0 Å². The minimum absolute atomic E-state index is 0.238. The Labute approximate surface area is 81.6 Å². The largest absolute Gasteiger partial charge is 0.616 e. The van der Waals surface area contributed by atoms with Crippen LogP contribution in [0.15, 0.2) is 24.5 Å². The minimum Gasteiger partial charge on any atom is -0.616 e. The lowest BCUT2D eigenvalue weighted by Gasteiger charge is -2.25. The molecule has 0 unspecified atom stereocenters. The number of pyridine rings is 1. The quantitative estimate of drug-likeness (QED) is 0.643. The topological polar surface area (TPSA) is 36.0 Å². The van der Waals surface area contributed by atoms with E-state index >= 15 is 0 Å². The molecule has 70 valence electrons. The van der Waals surface area contributed by atoms with Crippen LogP contribution in [0.3, 0.4) is 0 Å². The van der Waals surface area contributed by atoms with Gasteiger partial charge in [-0.05, 0) is 36.5 Å². The highest BCUT2D eigenvalue weighted by Gasteiger charge is 2.27. The van der Waals surface area contributed by atoms with Gasteiger partial charge in [-0.15, -0.1) is 0 Å². The van der Waals surface area contributed by atoms with Crippen molar-refractivity contribution in [2.45, 2.75) is 24.5 Å². The molecule has 0 amide bonds. The zero-order chi connectivity index (χ0) is 9.10. The van der Waals surface area contributed by atoms with E-state index in [-0.39, 0.29) is 5.25 Å². The fraction of sp³-hybridized carbons (Fsp3) is 0.500. The number of hydrogen-bond acceptors (Lipinski definition) is 2. The van der Waals surface area contributed by atoms with Crippen molar-refractivity contribution in [3.05, 3.63) is 30.1 Å². The third-order valence-corrected chi connectivity index (χ3v) is 4.27. The van der Waals surface area contributed by atoms with E-state index in [1.54, 1.807) is 6.20 Å². The Morgan fingerprint density at radius 1 is 1.46 bits per heavy atom. The highest BCUT2D eigenvalue weighted by Crippen LogP contribution is 2.32. The predicted molar refractivity (Wildman–Crippen MR) is 53.8 cm³/mol. The molecular weight excluding hydrogens is 182 g/mol. The van der Waals surface area contributed by atoms with Crippen LogP contribution >= 0.6 is 0 Å². The van der Waals surface area contributed by atoms with Gasteiger partial charge in [0.1, 0.15) is 11.0 Å². The molecule has 0 N–H and O–H groups in total. The molecule has 1 fully saturated rings. The van der Waals surface area contributed by atoms with E-state index in [4.69, 9.17) is 0 Å². The fourth-order valence-electron chi connectivity index (χ4n) is 1.73. The number of nitrogens with zero attached hydrogens (tertiary/aromatic N) is 1. The van der Waals surface area contributed by atoms with Gasteiger partial charge in [0.25, 0.3) is 0 Å². The van der Waals surface area contributed by atoms with Crippen molar-refractivity contribution in [3.63, 3.8) is 0 Å². The van der Waals surface area contributed by atoms with Crippen molar-refractivity contribution in [1.82, 2.24) is 4.98 Å². The SMILES string of the molecule is [O-][S@+]1CCCC[C@H]1c1cccnc1. The third kappa shape index (κ3) is 2.03. The van der Waals surface area contributed by atoms with Gasteiger partial charge in [0.15, 0.2) is 0 Å². The smallest absolute Gasteiger partial charge is 0.142 e. The van der Waals surface area contributed by atoms with Crippen molar-refractivity contribution in [2.75, 3.05) is 5.75 Å². The number of rotatable bonds is 1. The summed E-state index contributed by atoms with van der Waals surface area (Å²) in [7, 11) is 0. The Morgan fingerprint density at radius 2 is 2.38 bits per heavy atom. The van der Waals surface area contributed by atoms with Crippen molar-refractivity contribution in [2.24, 2.45) is 0 Å². The van der Waals surface area contributed by atoms with E-state index in [2.05, 4.69) is 4.98 Å². The van der Waals surface area contributed by atoms with Crippen molar-refractivity contribution in [3.8, 4) is 0 Å². The molecule has 3 heteroatoms. The summed E-state index contributed by atoms with van der Waals surface area (Å²) < 4.78 is 11.7. The molecule has 1 aromatic rings. The van der Waals surface area contributed by atoms with Crippen LogP contribution in [0.1, 0.15) is 30.1 Å². The first-order valence-corrected chi connectivity index (χ1v) is 6.03. The van der Waals surface area contributed by atoms with Gasteiger partial charge in [0.2, 0.25) is 0 Å². The predicted octanol–water partition coefficient (Wildman–Crippen LogP) is 2.06. The van der Waals surface area contributed by atoms with E-state index in [0.717, 1.165) is 24.2 Å². The van der Waals surface area contributed by atoms with Crippen LogP contribution in [0.5, 0.6) is 0 Å². The molecule has 0 radical (unpaired) electrons. The molecule has 1 aliphatic heterocycles. The molecule has 2 rings (SSSR count). The highest BCUT2D eigenvalue weighted by atomic mass is 32.2. The lowest BCUT2D eigenvalue weighted by Crippen LogP contribution is -2.21. The average Bonchev–Trinajstić information content (AvgIpc) is 2.20. The summed E-state index contributed by atoms with van der Waals surface area (Å²) in [6.45, 7) is 0. The summed E-state index contributed by atoms with van der Waals surface area (Å²) >= 11 is -0.669. The zero-order valence-electron chi connectivity index (χ0n) is 7.48. The maximum atomic E-state index is 11.7. The maximum Gasteiger partial charge on any atom is 0.142 e. The Morgan fingerprint density at radius 3 is 3.08 bits per heavy atom. The summed E-state index contributed by atoms with van der Waals surface area (Å²) in [6, 6.07) is 3.95. The normalized spacial score (nSPS) is 28.7. The second-order valence-electron chi connectivity index (χ2n) is 3.36. The van der Waals surface area contributed by atoms with E-state index in [1.807, 2.05) is 18.3 Å². The summed E-state index contributed by atoms with van der Waals surface area (Å²) in [4.78, 5) is 4.06. The van der Waals surface area contributed by atoms with Crippen molar-refractivity contribution < 1.29 is 4.55 Å². The second kappa shape index (κ2) is 4.11. The third-order valence-electron chi connectivity index (χ3n) is 2.44. The van der Waals surface area contributed by atoms with Gasteiger partial charge in [-0.3, -0.25) is 4.98 Å². The van der Waals surface area contributed by atoms with E-state index < -0.39 is 11.2 Å². The first kappa shape index (κ1) is 9.03. The Bertz CT molecular complexity index is 265. The molecule has 1 aromatic heterocycles. The molecule has 0 bridgehead atoms. The van der Waals surface area contributed by atoms with Crippen LogP contribution in [-0.4, -0.2) is 15.3 Å². The van der Waals surface area contributed by atoms with Gasteiger partial charge in [-0.25, -0.2) is 0 Å². The molecule has 0 spiro atoms. The lowest BCUT2D eigenvalue weighted by atomic mass is 10.1. The molecular formula is C10H13NOS. The molecule has 2 heterocycles. The Kier molecular flexibility index (Phi) is 2.86. The molecule has 2 nitrogen and oxygen atoms in total. The second-order valence-corrected chi connectivity index (χ2v) is 5.09. The van der Waals surface area contributed by atoms with Crippen LogP contribution < -0.4 is 0 Å². The number of hydrogen-bond donors (Lipinski definition) is 0. The maximum absolute atomic E-state index is 11.7. The molecule has 0 aliphatic carbocycles. The minimum atomic E-state index is -0.669. The van der Waals surface area contributed by atoms with Crippen LogP contribution in [0.4, 0.5) is 0 Å². The van der Waals surface area contributed by atoms with Crippen LogP contribution in [0.25, 0.3) is 0 Å². The van der Waals surface area contributed by atoms with Gasteiger partial charge < -0.3 is 4.55 Å². The van der Waals surface area contributed by atoms with E-state index in [0.29, 0.717) is 0 Å². The van der Waals surface area contributed by atoms with Gasteiger partial charge >= 0.3 is 0 Å². The summed E-state index contributed by atoms with van der Waals surface area (Å²) in [6.07, 6.45) is 6.97. The van der Waals surface area contributed by atoms with Gasteiger partial charge in [-0.2, -0.15) is 0 Å². The van der Waals surface area contributed by atoms with Gasteiger partial charge in [0, 0.05) is 18.0 Å². The van der Waals surface area contributed by atoms with Crippen LogP contribution in [-0.2, 0) is 11.2 Å². The number of aromatic nitrogens is 1. The fourth-order valence-corrected chi connectivity index (χ4v) is 3.38. The molecule has 1 aliphatic rings. The lowest BCUT2D eigenvalue weighted by molar-refractivity contribution is 0.545. The Balaban J connectivity index is 2.15. The van der Waals surface area contributed by atoms with Crippen LogP contribution in [0.2, 0.25) is 0 Å².